The summed E-state index contributed by atoms with van der Waals surface area (Å²) in [5, 5.41) is 15.1. The zero-order valence-electron chi connectivity index (χ0n) is 4.80. The Labute approximate surface area is 66.0 Å². The number of hydrogen-bond donors (Lipinski definition) is 2. The van der Waals surface area contributed by atoms with Crippen molar-refractivity contribution >= 4 is 34.5 Å². The van der Waals surface area contributed by atoms with Crippen molar-refractivity contribution in [3.63, 3.8) is 0 Å². The maximum Gasteiger partial charge on any atom is 0.313 e. The summed E-state index contributed by atoms with van der Waals surface area (Å²) in [6.07, 6.45) is 0. The van der Waals surface area contributed by atoms with Crippen LogP contribution in [0.15, 0.2) is 0 Å². The van der Waals surface area contributed by atoms with Crippen molar-refractivity contribution in [3.8, 4) is 0 Å². The highest BCUT2D eigenvalue weighted by atomic mass is 127. The second-order valence-electron chi connectivity index (χ2n) is 1.05. The van der Waals surface area contributed by atoms with E-state index in [0.717, 1.165) is 6.92 Å². The minimum absolute atomic E-state index is 0.192. The van der Waals surface area contributed by atoms with E-state index in [9.17, 15) is 4.79 Å². The van der Waals surface area contributed by atoms with Gasteiger partial charge in [0.15, 0.2) is 0 Å². The van der Waals surface area contributed by atoms with Crippen LogP contribution in [0, 0.1) is 0 Å². The Bertz CT molecular complexity index is 96.7. The molecule has 5 heteroatoms. The van der Waals surface area contributed by atoms with Crippen LogP contribution in [0.2, 0.25) is 0 Å². The Balaban J connectivity index is 0. The van der Waals surface area contributed by atoms with Gasteiger partial charge in [-0.1, -0.05) is 22.6 Å². The first-order valence-electron chi connectivity index (χ1n) is 1.98. The van der Waals surface area contributed by atoms with Gasteiger partial charge >= 0.3 is 5.97 Å². The molecule has 9 heavy (non-hydrogen) atoms. The van der Waals surface area contributed by atoms with Crippen LogP contribution >= 0.6 is 22.6 Å². The number of alkyl halides is 1. The van der Waals surface area contributed by atoms with Crippen molar-refractivity contribution in [2.75, 3.05) is 4.43 Å². The zero-order chi connectivity index (χ0) is 7.86. The van der Waals surface area contributed by atoms with E-state index in [1.54, 1.807) is 22.6 Å². The molecule has 0 rings (SSSR count). The Kier molecular flexibility index (Phi) is 9.77. The lowest BCUT2D eigenvalue weighted by Gasteiger charge is -1.70. The summed E-state index contributed by atoms with van der Waals surface area (Å²) >= 11 is 1.78. The van der Waals surface area contributed by atoms with E-state index in [4.69, 9.17) is 15.0 Å². The van der Waals surface area contributed by atoms with Gasteiger partial charge in [0.25, 0.3) is 5.97 Å². The lowest BCUT2D eigenvalue weighted by atomic mass is 10.9. The van der Waals surface area contributed by atoms with Crippen LogP contribution in [0.3, 0.4) is 0 Å². The summed E-state index contributed by atoms with van der Waals surface area (Å²) in [5.74, 6) is -1.59. The molecule has 54 valence electrons. The van der Waals surface area contributed by atoms with Gasteiger partial charge in [-0.15, -0.1) is 0 Å². The Morgan fingerprint density at radius 3 is 1.56 bits per heavy atom. The number of carboxylic acids is 2. The van der Waals surface area contributed by atoms with Crippen LogP contribution in [-0.4, -0.2) is 26.6 Å². The highest BCUT2D eigenvalue weighted by Gasteiger charge is 1.82. The van der Waals surface area contributed by atoms with Gasteiger partial charge in [-0.2, -0.15) is 0 Å². The van der Waals surface area contributed by atoms with E-state index in [1.165, 1.54) is 0 Å². The fourth-order valence-electron chi connectivity index (χ4n) is 0. The molecule has 4 nitrogen and oxygen atoms in total. The van der Waals surface area contributed by atoms with Crippen molar-refractivity contribution in [1.82, 2.24) is 0 Å². The Hall–Kier alpha value is -0.330. The standard InChI is InChI=1S/C2H3IO2.C2H4O2/c3-1-2(4)5;1-2(3)4/h1H2,(H,4,5);1H3,(H,3,4). The normalized spacial score (nSPS) is 6.89. The average Bonchev–Trinajstić information content (AvgIpc) is 1.65. The van der Waals surface area contributed by atoms with Crippen molar-refractivity contribution in [2.24, 2.45) is 0 Å². The number of aliphatic carboxylic acids is 2. The number of halogens is 1. The van der Waals surface area contributed by atoms with Gasteiger partial charge in [0.05, 0.1) is 4.43 Å². The third kappa shape index (κ3) is 88.4. The summed E-state index contributed by atoms with van der Waals surface area (Å²) in [7, 11) is 0. The SMILES string of the molecule is CC(=O)O.O=C(O)CI. The summed E-state index contributed by atoms with van der Waals surface area (Å²) < 4.78 is 0.192. The molecular weight excluding hydrogens is 239 g/mol. The van der Waals surface area contributed by atoms with Crippen molar-refractivity contribution < 1.29 is 19.8 Å². The molecule has 0 spiro atoms. The molecular formula is C4H7IO4. The number of carbonyl (C=O) groups is 2. The molecule has 0 saturated carbocycles. The third-order valence-electron chi connectivity index (χ3n) is 0.114. The van der Waals surface area contributed by atoms with Crippen LogP contribution in [0.5, 0.6) is 0 Å². The lowest BCUT2D eigenvalue weighted by molar-refractivity contribution is -0.135. The van der Waals surface area contributed by atoms with E-state index < -0.39 is 11.9 Å². The molecule has 0 fully saturated rings. The summed E-state index contributed by atoms with van der Waals surface area (Å²) in [4.78, 5) is 18.4. The Morgan fingerprint density at radius 2 is 1.56 bits per heavy atom. The van der Waals surface area contributed by atoms with Crippen LogP contribution in [0.1, 0.15) is 6.92 Å². The fraction of sp³-hybridized carbons (Fsp3) is 0.500. The largest absolute Gasteiger partial charge is 0.481 e. The van der Waals surface area contributed by atoms with Crippen molar-refractivity contribution in [3.05, 3.63) is 0 Å². The van der Waals surface area contributed by atoms with E-state index >= 15 is 0 Å². The molecule has 0 aliphatic carbocycles. The molecule has 0 aromatic heterocycles. The average molecular weight is 246 g/mol. The second kappa shape index (κ2) is 7.67. The molecule has 0 atom stereocenters. The molecule has 0 aliphatic rings. The van der Waals surface area contributed by atoms with E-state index in [0.29, 0.717) is 0 Å². The number of rotatable bonds is 1. The third-order valence-corrected chi connectivity index (χ3v) is 0.767. The van der Waals surface area contributed by atoms with Crippen LogP contribution in [0.25, 0.3) is 0 Å². The topological polar surface area (TPSA) is 74.6 Å². The highest BCUT2D eigenvalue weighted by molar-refractivity contribution is 14.1. The first-order chi connectivity index (χ1) is 4.00. The maximum absolute atomic E-state index is 9.36. The fourth-order valence-corrected chi connectivity index (χ4v) is 0. The quantitative estimate of drug-likeness (QED) is 0.524. The van der Waals surface area contributed by atoms with E-state index in [-0.39, 0.29) is 4.43 Å². The van der Waals surface area contributed by atoms with Crippen molar-refractivity contribution in [1.29, 1.82) is 0 Å². The minimum atomic E-state index is -0.833. The van der Waals surface area contributed by atoms with E-state index in [1.807, 2.05) is 0 Å². The predicted octanol–water partition coefficient (Wildman–Crippen LogP) is 0.597. The maximum atomic E-state index is 9.36. The minimum Gasteiger partial charge on any atom is -0.481 e. The smallest absolute Gasteiger partial charge is 0.313 e. The van der Waals surface area contributed by atoms with Gasteiger partial charge in [0, 0.05) is 6.92 Å². The first kappa shape index (κ1) is 11.5. The molecule has 0 bridgehead atoms. The highest BCUT2D eigenvalue weighted by Crippen LogP contribution is 1.75. The molecule has 0 aromatic carbocycles. The van der Waals surface area contributed by atoms with Gasteiger partial charge < -0.3 is 10.2 Å². The molecule has 0 heterocycles. The molecule has 0 saturated heterocycles. The van der Waals surface area contributed by atoms with Crippen LogP contribution in [-0.2, 0) is 9.59 Å². The molecule has 0 aromatic rings. The summed E-state index contributed by atoms with van der Waals surface area (Å²) in [6.45, 7) is 1.08. The number of hydrogen-bond acceptors (Lipinski definition) is 2. The van der Waals surface area contributed by atoms with Crippen molar-refractivity contribution in [2.45, 2.75) is 6.92 Å². The monoisotopic (exact) mass is 246 g/mol. The molecule has 0 unspecified atom stereocenters. The summed E-state index contributed by atoms with van der Waals surface area (Å²) in [6, 6.07) is 0. The zero-order valence-corrected chi connectivity index (χ0v) is 6.95. The van der Waals surface area contributed by atoms with Gasteiger partial charge in [0.1, 0.15) is 0 Å². The van der Waals surface area contributed by atoms with Gasteiger partial charge in [-0.25, -0.2) is 0 Å². The first-order valence-corrected chi connectivity index (χ1v) is 3.50. The predicted molar refractivity (Wildman–Crippen MR) is 39.8 cm³/mol. The molecule has 0 radical (unpaired) electrons. The molecule has 0 amide bonds. The Morgan fingerprint density at radius 1 is 1.44 bits per heavy atom. The molecule has 2 N–H and O–H groups in total. The second-order valence-corrected chi connectivity index (χ2v) is 1.81. The van der Waals surface area contributed by atoms with Crippen LogP contribution in [0.4, 0.5) is 0 Å². The lowest BCUT2D eigenvalue weighted by Crippen LogP contribution is -1.91. The van der Waals surface area contributed by atoms with Gasteiger partial charge in [-0.3, -0.25) is 9.59 Å². The number of carboxylic acid groups (broad SMARTS) is 2. The van der Waals surface area contributed by atoms with E-state index in [2.05, 4.69) is 0 Å². The van der Waals surface area contributed by atoms with Gasteiger partial charge in [-0.05, 0) is 0 Å². The van der Waals surface area contributed by atoms with Gasteiger partial charge in [0.2, 0.25) is 0 Å². The molecule has 0 aliphatic heterocycles. The van der Waals surface area contributed by atoms with Crippen LogP contribution < -0.4 is 0 Å². The summed E-state index contributed by atoms with van der Waals surface area (Å²) in [5.41, 5.74) is 0.